The minimum Gasteiger partial charge on any atom is -0.497 e. The van der Waals surface area contributed by atoms with Gasteiger partial charge in [0.15, 0.2) is 6.61 Å². The SMILES string of the molecule is COc1ccc(OCC(=O)NC[C@@H]2COc3cc(OC)ccc3C2)cc1. The second-order valence-corrected chi connectivity index (χ2v) is 6.12. The van der Waals surface area contributed by atoms with Crippen LogP contribution in [0.5, 0.6) is 23.0 Å². The average Bonchev–Trinajstić information content (AvgIpc) is 2.70. The third kappa shape index (κ3) is 4.59. The summed E-state index contributed by atoms with van der Waals surface area (Å²) >= 11 is 0. The third-order valence-electron chi connectivity index (χ3n) is 4.27. The molecule has 3 rings (SSSR count). The average molecular weight is 357 g/mol. The van der Waals surface area contributed by atoms with Crippen molar-refractivity contribution in [2.24, 2.45) is 5.92 Å². The molecule has 1 aliphatic heterocycles. The van der Waals surface area contributed by atoms with Crippen LogP contribution in [-0.2, 0) is 11.2 Å². The number of hydrogen-bond acceptors (Lipinski definition) is 5. The van der Waals surface area contributed by atoms with Crippen molar-refractivity contribution in [1.29, 1.82) is 0 Å². The number of methoxy groups -OCH3 is 2. The van der Waals surface area contributed by atoms with E-state index in [2.05, 4.69) is 5.32 Å². The van der Waals surface area contributed by atoms with Crippen molar-refractivity contribution < 1.29 is 23.7 Å². The molecule has 0 aromatic heterocycles. The summed E-state index contributed by atoms with van der Waals surface area (Å²) in [6.07, 6.45) is 0.860. The van der Waals surface area contributed by atoms with Crippen molar-refractivity contribution in [3.63, 3.8) is 0 Å². The van der Waals surface area contributed by atoms with Crippen LogP contribution in [0.4, 0.5) is 0 Å². The lowest BCUT2D eigenvalue weighted by Gasteiger charge is -2.25. The Bertz CT molecular complexity index is 744. The number of hydrogen-bond donors (Lipinski definition) is 1. The Morgan fingerprint density at radius 3 is 2.50 bits per heavy atom. The Kier molecular flexibility index (Phi) is 5.84. The van der Waals surface area contributed by atoms with Crippen LogP contribution in [0.1, 0.15) is 5.56 Å². The van der Waals surface area contributed by atoms with E-state index >= 15 is 0 Å². The molecule has 1 N–H and O–H groups in total. The molecule has 1 amide bonds. The Morgan fingerprint density at radius 2 is 1.77 bits per heavy atom. The Morgan fingerprint density at radius 1 is 1.08 bits per heavy atom. The van der Waals surface area contributed by atoms with E-state index in [0.717, 1.165) is 29.2 Å². The van der Waals surface area contributed by atoms with Crippen LogP contribution in [0, 0.1) is 5.92 Å². The van der Waals surface area contributed by atoms with Crippen LogP contribution in [0.3, 0.4) is 0 Å². The fourth-order valence-corrected chi connectivity index (χ4v) is 2.80. The van der Waals surface area contributed by atoms with Crippen molar-refractivity contribution in [3.05, 3.63) is 48.0 Å². The van der Waals surface area contributed by atoms with Gasteiger partial charge in [-0.15, -0.1) is 0 Å². The zero-order chi connectivity index (χ0) is 18.4. The first-order chi connectivity index (χ1) is 12.7. The largest absolute Gasteiger partial charge is 0.497 e. The molecule has 26 heavy (non-hydrogen) atoms. The fourth-order valence-electron chi connectivity index (χ4n) is 2.80. The van der Waals surface area contributed by atoms with E-state index in [1.165, 1.54) is 0 Å². The number of fused-ring (bicyclic) bond motifs is 1. The number of rotatable bonds is 7. The molecule has 0 fully saturated rings. The first-order valence-corrected chi connectivity index (χ1v) is 8.51. The predicted octanol–water partition coefficient (Wildman–Crippen LogP) is 2.45. The van der Waals surface area contributed by atoms with Crippen LogP contribution in [0.2, 0.25) is 0 Å². The van der Waals surface area contributed by atoms with E-state index in [0.29, 0.717) is 18.9 Å². The van der Waals surface area contributed by atoms with Gasteiger partial charge in [-0.1, -0.05) is 6.07 Å². The topological polar surface area (TPSA) is 66.0 Å². The zero-order valence-electron chi connectivity index (χ0n) is 15.0. The van der Waals surface area contributed by atoms with E-state index in [4.69, 9.17) is 18.9 Å². The summed E-state index contributed by atoms with van der Waals surface area (Å²) in [5.41, 5.74) is 1.13. The quantitative estimate of drug-likeness (QED) is 0.825. The van der Waals surface area contributed by atoms with E-state index < -0.39 is 0 Å². The maximum atomic E-state index is 12.0. The highest BCUT2D eigenvalue weighted by molar-refractivity contribution is 5.77. The maximum absolute atomic E-state index is 12.0. The molecule has 0 unspecified atom stereocenters. The molecule has 0 aliphatic carbocycles. The molecule has 1 heterocycles. The van der Waals surface area contributed by atoms with Gasteiger partial charge < -0.3 is 24.3 Å². The predicted molar refractivity (Wildman–Crippen MR) is 97.2 cm³/mol. The minimum absolute atomic E-state index is 0.0201. The number of carbonyl (C=O) groups is 1. The van der Waals surface area contributed by atoms with Gasteiger partial charge in [0.25, 0.3) is 5.91 Å². The van der Waals surface area contributed by atoms with Gasteiger partial charge in [-0.2, -0.15) is 0 Å². The highest BCUT2D eigenvalue weighted by Gasteiger charge is 2.21. The van der Waals surface area contributed by atoms with Crippen LogP contribution in [0.25, 0.3) is 0 Å². The number of ether oxygens (including phenoxy) is 4. The molecule has 1 aliphatic rings. The van der Waals surface area contributed by atoms with Crippen molar-refractivity contribution in [3.8, 4) is 23.0 Å². The molecule has 1 atom stereocenters. The molecule has 0 saturated heterocycles. The Labute approximate surface area is 153 Å². The summed E-state index contributed by atoms with van der Waals surface area (Å²) in [6.45, 7) is 1.10. The monoisotopic (exact) mass is 357 g/mol. The summed E-state index contributed by atoms with van der Waals surface area (Å²) in [5, 5.41) is 2.91. The highest BCUT2D eigenvalue weighted by atomic mass is 16.5. The molecular formula is C20H23NO5. The van der Waals surface area contributed by atoms with Gasteiger partial charge in [-0.25, -0.2) is 0 Å². The highest BCUT2D eigenvalue weighted by Crippen LogP contribution is 2.30. The minimum atomic E-state index is -0.152. The van der Waals surface area contributed by atoms with Crippen LogP contribution < -0.4 is 24.3 Å². The van der Waals surface area contributed by atoms with Crippen LogP contribution in [0.15, 0.2) is 42.5 Å². The molecule has 0 radical (unpaired) electrons. The fraction of sp³-hybridized carbons (Fsp3) is 0.350. The smallest absolute Gasteiger partial charge is 0.257 e. The summed E-state index contributed by atoms with van der Waals surface area (Å²) in [4.78, 5) is 12.0. The molecule has 6 nitrogen and oxygen atoms in total. The lowest BCUT2D eigenvalue weighted by atomic mass is 9.96. The molecule has 138 valence electrons. The second kappa shape index (κ2) is 8.47. The first-order valence-electron chi connectivity index (χ1n) is 8.51. The first kappa shape index (κ1) is 17.9. The standard InChI is InChI=1S/C20H23NO5/c1-23-16-5-7-17(8-6-16)25-13-20(22)21-11-14-9-15-3-4-18(24-2)10-19(15)26-12-14/h3-8,10,14H,9,11-13H2,1-2H3,(H,21,22)/t14-/m1/s1. The lowest BCUT2D eigenvalue weighted by molar-refractivity contribution is -0.123. The molecule has 0 bridgehead atoms. The zero-order valence-corrected chi connectivity index (χ0v) is 15.0. The van der Waals surface area contributed by atoms with Gasteiger partial charge in [0.2, 0.25) is 0 Å². The van der Waals surface area contributed by atoms with Gasteiger partial charge in [-0.05, 0) is 42.3 Å². The maximum Gasteiger partial charge on any atom is 0.257 e. The van der Waals surface area contributed by atoms with E-state index in [9.17, 15) is 4.79 Å². The van der Waals surface area contributed by atoms with Gasteiger partial charge in [-0.3, -0.25) is 4.79 Å². The van der Waals surface area contributed by atoms with Gasteiger partial charge in [0, 0.05) is 18.5 Å². The normalized spacial score (nSPS) is 15.4. The van der Waals surface area contributed by atoms with Gasteiger partial charge in [0.1, 0.15) is 23.0 Å². The summed E-state index contributed by atoms with van der Waals surface area (Å²) in [5.74, 6) is 3.10. The van der Waals surface area contributed by atoms with Crippen molar-refractivity contribution in [2.45, 2.75) is 6.42 Å². The molecule has 6 heteroatoms. The van der Waals surface area contributed by atoms with Crippen molar-refractivity contribution in [2.75, 3.05) is 34.0 Å². The second-order valence-electron chi connectivity index (χ2n) is 6.12. The Hall–Kier alpha value is -2.89. The summed E-state index contributed by atoms with van der Waals surface area (Å²) in [7, 11) is 3.24. The number of nitrogens with one attached hydrogen (secondary N) is 1. The van der Waals surface area contributed by atoms with Crippen LogP contribution in [-0.4, -0.2) is 39.9 Å². The summed E-state index contributed by atoms with van der Waals surface area (Å²) in [6, 6.07) is 12.9. The van der Waals surface area contributed by atoms with E-state index in [-0.39, 0.29) is 18.4 Å². The lowest BCUT2D eigenvalue weighted by Crippen LogP contribution is -2.37. The molecular weight excluding hydrogens is 334 g/mol. The summed E-state index contributed by atoms with van der Waals surface area (Å²) < 4.78 is 21.6. The van der Waals surface area contributed by atoms with Crippen molar-refractivity contribution in [1.82, 2.24) is 5.32 Å². The number of amides is 1. The third-order valence-corrected chi connectivity index (χ3v) is 4.27. The van der Waals surface area contributed by atoms with Gasteiger partial charge >= 0.3 is 0 Å². The van der Waals surface area contributed by atoms with Crippen LogP contribution >= 0.6 is 0 Å². The number of carbonyl (C=O) groups excluding carboxylic acids is 1. The molecule has 0 spiro atoms. The van der Waals surface area contributed by atoms with Crippen molar-refractivity contribution >= 4 is 5.91 Å². The molecule has 0 saturated carbocycles. The van der Waals surface area contributed by atoms with E-state index in [1.54, 1.807) is 38.5 Å². The van der Waals surface area contributed by atoms with Gasteiger partial charge in [0.05, 0.1) is 20.8 Å². The number of benzene rings is 2. The van der Waals surface area contributed by atoms with E-state index in [1.807, 2.05) is 18.2 Å². The Balaban J connectivity index is 1.43. The molecule has 2 aromatic rings. The molecule has 2 aromatic carbocycles.